The van der Waals surface area contributed by atoms with Gasteiger partial charge in [-0.25, -0.2) is 9.97 Å². The van der Waals surface area contributed by atoms with Gasteiger partial charge < -0.3 is 29.2 Å². The molecule has 0 spiro atoms. The fourth-order valence-electron chi connectivity index (χ4n) is 5.38. The number of aromatic nitrogens is 3. The molecule has 1 saturated carbocycles. The molecule has 5 heterocycles. The summed E-state index contributed by atoms with van der Waals surface area (Å²) in [4.78, 5) is 27.3. The van der Waals surface area contributed by atoms with E-state index in [2.05, 4.69) is 55.7 Å². The fraction of sp³-hybridized carbons (Fsp3) is 0.467. The van der Waals surface area contributed by atoms with E-state index in [0.717, 1.165) is 41.6 Å². The SMILES string of the molecule is CC.CC1(C)COc2c(NC(=O)c3cc(-n4cnc(C5CC5)c4)c(N4CCOCC4)cn3)cccc2C2=NNCN21.[HH]. The average molecular weight is 561 g/mol. The van der Waals surface area contributed by atoms with Crippen molar-refractivity contribution in [2.45, 2.75) is 52.0 Å². The van der Waals surface area contributed by atoms with Crippen LogP contribution in [0.5, 0.6) is 5.75 Å². The summed E-state index contributed by atoms with van der Waals surface area (Å²) in [5.74, 6) is 1.65. The van der Waals surface area contributed by atoms with Crippen LogP contribution in [0, 0.1) is 0 Å². The fourth-order valence-corrected chi connectivity index (χ4v) is 5.38. The van der Waals surface area contributed by atoms with Gasteiger partial charge in [0.1, 0.15) is 19.0 Å². The molecule has 2 fully saturated rings. The highest BCUT2D eigenvalue weighted by molar-refractivity contribution is 6.08. The molecule has 11 heteroatoms. The molecule has 0 bridgehead atoms. The number of pyridine rings is 1. The number of ether oxygens (including phenoxy) is 2. The lowest BCUT2D eigenvalue weighted by Crippen LogP contribution is -2.49. The van der Waals surface area contributed by atoms with Crippen molar-refractivity contribution in [3.05, 3.63) is 59.9 Å². The zero-order chi connectivity index (χ0) is 28.6. The molecule has 2 aromatic heterocycles. The van der Waals surface area contributed by atoms with Crippen LogP contribution in [0.3, 0.4) is 0 Å². The minimum atomic E-state index is -0.309. The number of para-hydroxylation sites is 1. The van der Waals surface area contributed by atoms with Gasteiger partial charge >= 0.3 is 0 Å². The van der Waals surface area contributed by atoms with Crippen LogP contribution in [0.4, 0.5) is 11.4 Å². The second-order valence-electron chi connectivity index (χ2n) is 11.1. The number of anilines is 2. The highest BCUT2D eigenvalue weighted by atomic mass is 16.5. The van der Waals surface area contributed by atoms with Gasteiger partial charge in [0.25, 0.3) is 5.91 Å². The second-order valence-corrected chi connectivity index (χ2v) is 11.1. The first-order valence-corrected chi connectivity index (χ1v) is 14.5. The maximum atomic E-state index is 13.6. The summed E-state index contributed by atoms with van der Waals surface area (Å²) >= 11 is 0. The first-order valence-electron chi connectivity index (χ1n) is 14.5. The molecular formula is C30H40N8O3. The summed E-state index contributed by atoms with van der Waals surface area (Å²) in [6, 6.07) is 7.57. The molecule has 0 radical (unpaired) electrons. The lowest BCUT2D eigenvalue weighted by Gasteiger charge is -2.33. The topological polar surface area (TPSA) is 109 Å². The zero-order valence-corrected chi connectivity index (χ0v) is 24.2. The number of hydrogen-bond acceptors (Lipinski definition) is 9. The molecule has 2 N–H and O–H groups in total. The number of nitrogens with one attached hydrogen (secondary N) is 2. The molecule has 4 aliphatic rings. The van der Waals surface area contributed by atoms with Crippen LogP contribution in [0.15, 0.2) is 48.1 Å². The van der Waals surface area contributed by atoms with Gasteiger partial charge in [0.05, 0.1) is 59.6 Å². The van der Waals surface area contributed by atoms with E-state index in [0.29, 0.717) is 49.5 Å². The maximum absolute atomic E-state index is 13.6. The van der Waals surface area contributed by atoms with E-state index in [9.17, 15) is 4.79 Å². The zero-order valence-electron chi connectivity index (χ0n) is 24.2. The van der Waals surface area contributed by atoms with Crippen LogP contribution < -0.4 is 20.4 Å². The molecule has 41 heavy (non-hydrogen) atoms. The van der Waals surface area contributed by atoms with Crippen molar-refractivity contribution in [1.82, 2.24) is 24.9 Å². The van der Waals surface area contributed by atoms with Crippen LogP contribution in [0.25, 0.3) is 5.69 Å². The van der Waals surface area contributed by atoms with Gasteiger partial charge in [0, 0.05) is 26.6 Å². The largest absolute Gasteiger partial charge is 0.488 e. The standard InChI is InChI=1S/C28H32N8O3.C2H6.H2/c1-28(2)15-39-25-19(26-33-31-17-36(26)28)4-3-5-20(25)32-27(37)21-12-23(35-14-22(30-16-35)18-6-7-18)24(13-29-21)34-8-10-38-11-9-34;1-2;/h3-5,12-14,16,18,31H,6-11,15,17H2,1-2H3,(H,32,37);1-2H3;1H. The smallest absolute Gasteiger partial charge is 0.274 e. The van der Waals surface area contributed by atoms with E-state index < -0.39 is 0 Å². The molecular weight excluding hydrogens is 520 g/mol. The number of morpholine rings is 1. The monoisotopic (exact) mass is 560 g/mol. The summed E-state index contributed by atoms with van der Waals surface area (Å²) in [6.07, 6.45) is 8.06. The van der Waals surface area contributed by atoms with Crippen molar-refractivity contribution in [2.24, 2.45) is 5.10 Å². The Hall–Kier alpha value is -4.12. The number of fused-ring (bicyclic) bond motifs is 3. The molecule has 0 atom stereocenters. The molecule has 1 aromatic carbocycles. The highest BCUT2D eigenvalue weighted by Crippen LogP contribution is 2.40. The molecule has 1 aliphatic carbocycles. The number of hydrazone groups is 1. The Morgan fingerprint density at radius 2 is 1.95 bits per heavy atom. The van der Waals surface area contributed by atoms with Crippen molar-refractivity contribution in [3.8, 4) is 11.4 Å². The van der Waals surface area contributed by atoms with E-state index in [1.54, 1.807) is 6.20 Å². The van der Waals surface area contributed by atoms with E-state index in [1.165, 1.54) is 12.8 Å². The Bertz CT molecular complexity index is 1460. The summed E-state index contributed by atoms with van der Waals surface area (Å²) in [5, 5.41) is 7.57. The number of imidazole rings is 1. The summed E-state index contributed by atoms with van der Waals surface area (Å²) < 4.78 is 13.8. The Labute approximate surface area is 242 Å². The molecule has 1 amide bonds. The Morgan fingerprint density at radius 1 is 1.15 bits per heavy atom. The molecule has 3 aromatic rings. The first-order chi connectivity index (χ1) is 20.0. The number of amidine groups is 1. The third-order valence-corrected chi connectivity index (χ3v) is 7.80. The van der Waals surface area contributed by atoms with Crippen LogP contribution >= 0.6 is 0 Å². The number of amides is 1. The number of benzene rings is 1. The predicted octanol–water partition coefficient (Wildman–Crippen LogP) is 4.20. The Kier molecular flexibility index (Phi) is 7.29. The van der Waals surface area contributed by atoms with Crippen LogP contribution in [0.1, 0.15) is 69.6 Å². The number of carbonyl (C=O) groups is 1. The third kappa shape index (κ3) is 5.21. The van der Waals surface area contributed by atoms with E-state index in [-0.39, 0.29) is 12.9 Å². The maximum Gasteiger partial charge on any atom is 0.274 e. The Balaban J connectivity index is 0.00000115. The third-order valence-electron chi connectivity index (χ3n) is 7.80. The van der Waals surface area contributed by atoms with Crippen molar-refractivity contribution in [1.29, 1.82) is 0 Å². The van der Waals surface area contributed by atoms with Gasteiger partial charge in [-0.2, -0.15) is 5.10 Å². The quantitative estimate of drug-likeness (QED) is 0.478. The van der Waals surface area contributed by atoms with Gasteiger partial charge in [-0.15, -0.1) is 0 Å². The number of carbonyl (C=O) groups excluding carboxylic acids is 1. The van der Waals surface area contributed by atoms with Gasteiger partial charge in [0.15, 0.2) is 11.6 Å². The van der Waals surface area contributed by atoms with Crippen molar-refractivity contribution in [3.63, 3.8) is 0 Å². The Morgan fingerprint density at radius 3 is 2.73 bits per heavy atom. The van der Waals surface area contributed by atoms with Gasteiger partial charge in [-0.1, -0.05) is 19.9 Å². The van der Waals surface area contributed by atoms with E-state index in [4.69, 9.17) is 9.47 Å². The van der Waals surface area contributed by atoms with Crippen molar-refractivity contribution >= 4 is 23.1 Å². The molecule has 7 rings (SSSR count). The minimum Gasteiger partial charge on any atom is -0.488 e. The van der Waals surface area contributed by atoms with E-state index in [1.807, 2.05) is 49.0 Å². The highest BCUT2D eigenvalue weighted by Gasteiger charge is 2.38. The van der Waals surface area contributed by atoms with E-state index >= 15 is 0 Å². The van der Waals surface area contributed by atoms with Crippen LogP contribution in [-0.2, 0) is 4.74 Å². The lowest BCUT2D eigenvalue weighted by atomic mass is 10.0. The molecule has 1 saturated heterocycles. The van der Waals surface area contributed by atoms with Crippen LogP contribution in [0.2, 0.25) is 0 Å². The number of hydrogen-bond donors (Lipinski definition) is 2. The molecule has 0 unspecified atom stereocenters. The molecule has 3 aliphatic heterocycles. The molecule has 11 nitrogen and oxygen atoms in total. The lowest BCUT2D eigenvalue weighted by molar-refractivity contribution is 0.102. The van der Waals surface area contributed by atoms with Gasteiger partial charge in [0.2, 0.25) is 0 Å². The number of nitrogens with zero attached hydrogens (tertiary/aromatic N) is 6. The normalized spacial score (nSPS) is 19.0. The van der Waals surface area contributed by atoms with Gasteiger partial charge in [-0.3, -0.25) is 10.2 Å². The second kappa shape index (κ2) is 11.0. The van der Waals surface area contributed by atoms with Crippen molar-refractivity contribution < 1.29 is 15.7 Å². The van der Waals surface area contributed by atoms with Crippen molar-refractivity contribution in [2.75, 3.05) is 49.8 Å². The van der Waals surface area contributed by atoms with Gasteiger partial charge in [-0.05, 0) is 44.9 Å². The predicted molar refractivity (Wildman–Crippen MR) is 160 cm³/mol. The first kappa shape index (κ1) is 27.1. The average Bonchev–Trinajstić information content (AvgIpc) is 3.54. The van der Waals surface area contributed by atoms with Crippen LogP contribution in [-0.4, -0.2) is 76.3 Å². The number of rotatable bonds is 5. The minimum absolute atomic E-state index is 0. The summed E-state index contributed by atoms with van der Waals surface area (Å²) in [6.45, 7) is 12.2. The molecule has 218 valence electrons. The summed E-state index contributed by atoms with van der Waals surface area (Å²) in [5.41, 5.74) is 7.49. The summed E-state index contributed by atoms with van der Waals surface area (Å²) in [7, 11) is 0.